The van der Waals surface area contributed by atoms with Crippen molar-refractivity contribution in [1.29, 1.82) is 0 Å². The van der Waals surface area contributed by atoms with Crippen LogP contribution in [0.25, 0.3) is 0 Å². The molecular formula is C16H16FN3O3S. The van der Waals surface area contributed by atoms with Crippen molar-refractivity contribution in [2.45, 2.75) is 4.90 Å². The number of hydrogen-bond donors (Lipinski definition) is 1. The summed E-state index contributed by atoms with van der Waals surface area (Å²) < 4.78 is 41.5. The predicted molar refractivity (Wildman–Crippen MR) is 89.5 cm³/mol. The number of sulfonamides is 1. The number of aliphatic imine (C=N–C) groups is 1. The molecule has 1 aliphatic rings. The van der Waals surface area contributed by atoms with Crippen molar-refractivity contribution in [3.05, 3.63) is 53.8 Å². The molecule has 2 N–H and O–H groups in total. The van der Waals surface area contributed by atoms with Crippen LogP contribution in [-0.2, 0) is 10.0 Å². The van der Waals surface area contributed by atoms with Crippen LogP contribution >= 0.6 is 0 Å². The summed E-state index contributed by atoms with van der Waals surface area (Å²) in [5.41, 5.74) is 1.39. The summed E-state index contributed by atoms with van der Waals surface area (Å²) in [7, 11) is -2.33. The molecule has 8 heteroatoms. The first kappa shape index (κ1) is 16.4. The van der Waals surface area contributed by atoms with Gasteiger partial charge in [0.15, 0.2) is 11.6 Å². The maximum atomic E-state index is 13.9. The number of ether oxygens (including phenoxy) is 1. The Hall–Kier alpha value is -2.45. The summed E-state index contributed by atoms with van der Waals surface area (Å²) in [5, 5.41) is 5.10. The van der Waals surface area contributed by atoms with Gasteiger partial charge in [-0.05, 0) is 42.5 Å². The third-order valence-corrected chi connectivity index (χ3v) is 4.66. The quantitative estimate of drug-likeness (QED) is 0.911. The van der Waals surface area contributed by atoms with Crippen LogP contribution in [0.2, 0.25) is 0 Å². The number of halogens is 1. The highest BCUT2D eigenvalue weighted by Crippen LogP contribution is 2.25. The molecule has 0 atom stereocenters. The predicted octanol–water partition coefficient (Wildman–Crippen LogP) is 1.75. The van der Waals surface area contributed by atoms with Gasteiger partial charge in [-0.1, -0.05) is 0 Å². The lowest BCUT2D eigenvalue weighted by Gasteiger charge is -2.21. The molecule has 3 rings (SSSR count). The van der Waals surface area contributed by atoms with E-state index in [0.717, 1.165) is 5.69 Å². The molecule has 0 unspecified atom stereocenters. The maximum absolute atomic E-state index is 13.9. The van der Waals surface area contributed by atoms with E-state index in [1.54, 1.807) is 24.3 Å². The van der Waals surface area contributed by atoms with Crippen LogP contribution in [0.5, 0.6) is 5.75 Å². The lowest BCUT2D eigenvalue weighted by Crippen LogP contribution is -2.28. The first-order valence-corrected chi connectivity index (χ1v) is 8.73. The average Bonchev–Trinajstić information content (AvgIpc) is 3.03. The van der Waals surface area contributed by atoms with E-state index >= 15 is 0 Å². The summed E-state index contributed by atoms with van der Waals surface area (Å²) in [5.74, 6) is 0.329. The Morgan fingerprint density at radius 3 is 2.50 bits per heavy atom. The summed E-state index contributed by atoms with van der Waals surface area (Å²) in [6, 6.07) is 10.8. The van der Waals surface area contributed by atoms with Crippen molar-refractivity contribution < 1.29 is 17.5 Å². The number of hydrogen-bond acceptors (Lipinski definition) is 5. The minimum Gasteiger partial charge on any atom is -0.494 e. The largest absolute Gasteiger partial charge is 0.494 e. The van der Waals surface area contributed by atoms with Crippen LogP contribution < -0.4 is 14.8 Å². The molecular weight excluding hydrogens is 333 g/mol. The fourth-order valence-corrected chi connectivity index (χ4v) is 3.08. The van der Waals surface area contributed by atoms with E-state index in [-0.39, 0.29) is 10.6 Å². The number of anilines is 1. The van der Waals surface area contributed by atoms with Crippen molar-refractivity contribution in [1.82, 2.24) is 0 Å². The Balaban J connectivity index is 1.92. The van der Waals surface area contributed by atoms with Crippen LogP contribution in [0.1, 0.15) is 5.56 Å². The molecule has 0 spiro atoms. The molecule has 0 bridgehead atoms. The van der Waals surface area contributed by atoms with Crippen molar-refractivity contribution in [2.24, 2.45) is 10.1 Å². The minimum atomic E-state index is -3.73. The number of nitrogens with two attached hydrogens (primary N) is 1. The molecule has 0 aliphatic carbocycles. The maximum Gasteiger partial charge on any atom is 0.238 e. The van der Waals surface area contributed by atoms with E-state index in [1.807, 2.05) is 4.90 Å². The molecule has 0 fully saturated rings. The summed E-state index contributed by atoms with van der Waals surface area (Å²) >= 11 is 0. The standard InChI is InChI=1S/C16H16FN3O3S/c1-23-15-7-2-11(10-14(15)17)16-19-8-9-20(16)12-3-5-13(6-4-12)24(18,21)22/h2-7,10H,8-9H2,1H3,(H2,18,21,22). The van der Waals surface area contributed by atoms with Gasteiger partial charge in [0.05, 0.1) is 18.6 Å². The molecule has 6 nitrogen and oxygen atoms in total. The van der Waals surface area contributed by atoms with E-state index < -0.39 is 15.8 Å². The normalized spacial score (nSPS) is 14.6. The molecule has 0 radical (unpaired) electrons. The molecule has 0 saturated heterocycles. The molecule has 126 valence electrons. The number of rotatable bonds is 4. The molecule has 1 heterocycles. The second-order valence-corrected chi connectivity index (χ2v) is 6.81. The zero-order valence-corrected chi connectivity index (χ0v) is 13.8. The lowest BCUT2D eigenvalue weighted by atomic mass is 10.1. The number of nitrogens with zero attached hydrogens (tertiary/aromatic N) is 2. The van der Waals surface area contributed by atoms with Gasteiger partial charge in [0, 0.05) is 17.8 Å². The fraction of sp³-hybridized carbons (Fsp3) is 0.188. The van der Waals surface area contributed by atoms with Crippen molar-refractivity contribution in [2.75, 3.05) is 25.1 Å². The van der Waals surface area contributed by atoms with Gasteiger partial charge in [-0.2, -0.15) is 0 Å². The second kappa shape index (κ2) is 6.21. The van der Waals surface area contributed by atoms with Crippen LogP contribution in [0.4, 0.5) is 10.1 Å². The average molecular weight is 349 g/mol. The van der Waals surface area contributed by atoms with Gasteiger partial charge in [-0.25, -0.2) is 17.9 Å². The zero-order chi connectivity index (χ0) is 17.3. The van der Waals surface area contributed by atoms with E-state index in [0.29, 0.717) is 24.5 Å². The first-order valence-electron chi connectivity index (χ1n) is 7.19. The molecule has 0 saturated carbocycles. The highest BCUT2D eigenvalue weighted by Gasteiger charge is 2.22. The first-order chi connectivity index (χ1) is 11.4. The molecule has 0 amide bonds. The van der Waals surface area contributed by atoms with Crippen LogP contribution in [0.15, 0.2) is 52.4 Å². The van der Waals surface area contributed by atoms with Crippen molar-refractivity contribution >= 4 is 21.5 Å². The Kier molecular flexibility index (Phi) is 4.25. The molecule has 0 aromatic heterocycles. The molecule has 24 heavy (non-hydrogen) atoms. The highest BCUT2D eigenvalue weighted by atomic mass is 32.2. The van der Waals surface area contributed by atoms with Crippen LogP contribution in [0, 0.1) is 5.82 Å². The Bertz CT molecular complexity index is 895. The van der Waals surface area contributed by atoms with Crippen molar-refractivity contribution in [3.63, 3.8) is 0 Å². The highest BCUT2D eigenvalue weighted by molar-refractivity contribution is 7.89. The Labute approximate surface area is 139 Å². The number of methoxy groups -OCH3 is 1. The van der Waals surface area contributed by atoms with Crippen LogP contribution in [-0.4, -0.2) is 34.5 Å². The second-order valence-electron chi connectivity index (χ2n) is 5.25. The van der Waals surface area contributed by atoms with E-state index in [4.69, 9.17) is 9.88 Å². The third-order valence-electron chi connectivity index (χ3n) is 3.73. The molecule has 2 aromatic carbocycles. The van der Waals surface area contributed by atoms with Gasteiger partial charge < -0.3 is 9.64 Å². The van der Waals surface area contributed by atoms with E-state index in [2.05, 4.69) is 4.99 Å². The number of amidine groups is 1. The Morgan fingerprint density at radius 2 is 1.92 bits per heavy atom. The van der Waals surface area contributed by atoms with E-state index in [1.165, 1.54) is 25.3 Å². The van der Waals surface area contributed by atoms with Crippen LogP contribution in [0.3, 0.4) is 0 Å². The molecule has 2 aromatic rings. The van der Waals surface area contributed by atoms with E-state index in [9.17, 15) is 12.8 Å². The van der Waals surface area contributed by atoms with Gasteiger partial charge in [0.25, 0.3) is 0 Å². The van der Waals surface area contributed by atoms with Gasteiger partial charge in [0.1, 0.15) is 5.84 Å². The van der Waals surface area contributed by atoms with Gasteiger partial charge >= 0.3 is 0 Å². The monoisotopic (exact) mass is 349 g/mol. The number of benzene rings is 2. The molecule has 1 aliphatic heterocycles. The summed E-state index contributed by atoms with van der Waals surface area (Å²) in [6.07, 6.45) is 0. The third kappa shape index (κ3) is 3.10. The van der Waals surface area contributed by atoms with Gasteiger partial charge in [0.2, 0.25) is 10.0 Å². The fourth-order valence-electron chi connectivity index (χ4n) is 2.57. The lowest BCUT2D eigenvalue weighted by molar-refractivity contribution is 0.386. The van der Waals surface area contributed by atoms with Gasteiger partial charge in [-0.3, -0.25) is 4.99 Å². The minimum absolute atomic E-state index is 0.0411. The zero-order valence-electron chi connectivity index (χ0n) is 12.9. The smallest absolute Gasteiger partial charge is 0.238 e. The SMILES string of the molecule is COc1ccc(C2=NCCN2c2ccc(S(N)(=O)=O)cc2)cc1F. The number of primary sulfonamides is 1. The van der Waals surface area contributed by atoms with Gasteiger partial charge in [-0.15, -0.1) is 0 Å². The summed E-state index contributed by atoms with van der Waals surface area (Å²) in [6.45, 7) is 1.19. The Morgan fingerprint density at radius 1 is 1.21 bits per heavy atom. The topological polar surface area (TPSA) is 85.0 Å². The van der Waals surface area contributed by atoms with Crippen molar-refractivity contribution in [3.8, 4) is 5.75 Å². The summed E-state index contributed by atoms with van der Waals surface area (Å²) in [4.78, 5) is 6.36.